The molecule has 4 heteroatoms. The summed E-state index contributed by atoms with van der Waals surface area (Å²) >= 11 is 0. The Morgan fingerprint density at radius 2 is 2.22 bits per heavy atom. The summed E-state index contributed by atoms with van der Waals surface area (Å²) in [5, 5.41) is 9.05. The van der Waals surface area contributed by atoms with E-state index >= 15 is 0 Å². The first-order valence-electron chi connectivity index (χ1n) is 7.10. The summed E-state index contributed by atoms with van der Waals surface area (Å²) in [6.45, 7) is 9.15. The molecule has 0 saturated carbocycles. The van der Waals surface area contributed by atoms with Crippen LogP contribution in [0.4, 0.5) is 0 Å². The molecule has 4 nitrogen and oxygen atoms in total. The molecule has 0 spiro atoms. The van der Waals surface area contributed by atoms with Crippen LogP contribution in [0.2, 0.25) is 0 Å². The molecule has 1 fully saturated rings. The van der Waals surface area contributed by atoms with E-state index in [0.717, 1.165) is 45.4 Å². The Morgan fingerprint density at radius 1 is 1.50 bits per heavy atom. The predicted octanol–water partition coefficient (Wildman–Crippen LogP) is 1.90. The van der Waals surface area contributed by atoms with E-state index in [1.165, 1.54) is 0 Å². The lowest BCUT2D eigenvalue weighted by Gasteiger charge is -2.38. The van der Waals surface area contributed by atoms with Crippen molar-refractivity contribution in [2.24, 2.45) is 5.73 Å². The highest BCUT2D eigenvalue weighted by Crippen LogP contribution is 2.18. The fourth-order valence-electron chi connectivity index (χ4n) is 2.47. The average molecular weight is 253 g/mol. The fraction of sp³-hybridized carbons (Fsp3) is 0.929. The highest BCUT2D eigenvalue weighted by atomic mass is 16.5. The molecule has 0 aromatic rings. The van der Waals surface area contributed by atoms with Gasteiger partial charge in [0.1, 0.15) is 5.54 Å². The Morgan fingerprint density at radius 3 is 2.78 bits per heavy atom. The molecule has 0 amide bonds. The van der Waals surface area contributed by atoms with Crippen molar-refractivity contribution in [3.63, 3.8) is 0 Å². The van der Waals surface area contributed by atoms with Crippen LogP contribution in [0.25, 0.3) is 0 Å². The van der Waals surface area contributed by atoms with Gasteiger partial charge in [-0.1, -0.05) is 13.8 Å². The zero-order valence-electron chi connectivity index (χ0n) is 12.0. The molecule has 0 radical (unpaired) electrons. The van der Waals surface area contributed by atoms with Crippen LogP contribution in [-0.2, 0) is 4.74 Å². The minimum Gasteiger partial charge on any atom is -0.376 e. The van der Waals surface area contributed by atoms with Gasteiger partial charge in [-0.2, -0.15) is 5.26 Å². The Balaban J connectivity index is 2.39. The molecule has 18 heavy (non-hydrogen) atoms. The van der Waals surface area contributed by atoms with Crippen molar-refractivity contribution in [3.05, 3.63) is 0 Å². The second kappa shape index (κ2) is 7.08. The normalized spacial score (nSPS) is 28.6. The zero-order valence-corrected chi connectivity index (χ0v) is 12.0. The van der Waals surface area contributed by atoms with Crippen LogP contribution in [-0.4, -0.2) is 42.3 Å². The van der Waals surface area contributed by atoms with Crippen molar-refractivity contribution < 1.29 is 4.74 Å². The molecular formula is C14H27N3O. The molecule has 0 aliphatic carbocycles. The average Bonchev–Trinajstić information content (AvgIpc) is 2.39. The molecule has 2 N–H and O–H groups in total. The van der Waals surface area contributed by atoms with Gasteiger partial charge in [0, 0.05) is 12.6 Å². The minimum absolute atomic E-state index is 0.317. The van der Waals surface area contributed by atoms with Crippen LogP contribution >= 0.6 is 0 Å². The maximum atomic E-state index is 9.05. The standard InChI is InChI=1S/C14H27N3O/c1-4-13-10-18-12(3)9-17(13)8-6-7-14(16,5-2)11-15/h12-13H,4-10,16H2,1-3H3. The maximum absolute atomic E-state index is 9.05. The second-order valence-electron chi connectivity index (χ2n) is 5.43. The number of morpholine rings is 1. The first-order chi connectivity index (χ1) is 8.54. The van der Waals surface area contributed by atoms with Crippen LogP contribution in [0.3, 0.4) is 0 Å². The molecule has 0 aromatic heterocycles. The van der Waals surface area contributed by atoms with Gasteiger partial charge >= 0.3 is 0 Å². The lowest BCUT2D eigenvalue weighted by Crippen LogP contribution is -2.49. The lowest BCUT2D eigenvalue weighted by atomic mass is 9.93. The number of nitriles is 1. The highest BCUT2D eigenvalue weighted by Gasteiger charge is 2.26. The Kier molecular flexibility index (Phi) is 6.07. The first-order valence-corrected chi connectivity index (χ1v) is 7.10. The Hall–Kier alpha value is -0.630. The Bertz CT molecular complexity index is 289. The van der Waals surface area contributed by atoms with E-state index in [9.17, 15) is 0 Å². The summed E-state index contributed by atoms with van der Waals surface area (Å²) in [6.07, 6.45) is 3.92. The van der Waals surface area contributed by atoms with E-state index in [0.29, 0.717) is 12.1 Å². The van der Waals surface area contributed by atoms with Crippen molar-refractivity contribution >= 4 is 0 Å². The third kappa shape index (κ3) is 4.24. The monoisotopic (exact) mass is 253 g/mol. The van der Waals surface area contributed by atoms with Crippen molar-refractivity contribution in [1.82, 2.24) is 4.90 Å². The Labute approximate surface area is 111 Å². The van der Waals surface area contributed by atoms with Gasteiger partial charge in [-0.15, -0.1) is 0 Å². The minimum atomic E-state index is -0.639. The second-order valence-corrected chi connectivity index (χ2v) is 5.43. The van der Waals surface area contributed by atoms with Crippen LogP contribution in [0.5, 0.6) is 0 Å². The predicted molar refractivity (Wildman–Crippen MR) is 73.1 cm³/mol. The van der Waals surface area contributed by atoms with Gasteiger partial charge in [0.05, 0.1) is 18.8 Å². The van der Waals surface area contributed by atoms with Gasteiger partial charge < -0.3 is 10.5 Å². The summed E-state index contributed by atoms with van der Waals surface area (Å²) in [7, 11) is 0. The van der Waals surface area contributed by atoms with E-state index in [-0.39, 0.29) is 0 Å². The molecule has 1 saturated heterocycles. The summed E-state index contributed by atoms with van der Waals surface area (Å²) < 4.78 is 5.68. The van der Waals surface area contributed by atoms with E-state index in [1.54, 1.807) is 0 Å². The van der Waals surface area contributed by atoms with Gasteiger partial charge in [-0.3, -0.25) is 4.90 Å². The SMILES string of the molecule is CCC1COC(C)CN1CCCC(N)(C#N)CC. The molecule has 1 rings (SSSR count). The van der Waals surface area contributed by atoms with Gasteiger partial charge in [-0.25, -0.2) is 0 Å². The summed E-state index contributed by atoms with van der Waals surface area (Å²) in [4.78, 5) is 2.49. The summed E-state index contributed by atoms with van der Waals surface area (Å²) in [5.41, 5.74) is 5.36. The molecule has 1 aliphatic heterocycles. The number of ether oxygens (including phenoxy) is 1. The van der Waals surface area contributed by atoms with E-state index in [1.807, 2.05) is 6.92 Å². The lowest BCUT2D eigenvalue weighted by molar-refractivity contribution is -0.0563. The molecule has 104 valence electrons. The molecule has 1 heterocycles. The van der Waals surface area contributed by atoms with E-state index in [4.69, 9.17) is 15.7 Å². The topological polar surface area (TPSA) is 62.3 Å². The van der Waals surface area contributed by atoms with Gasteiger partial charge in [0.15, 0.2) is 0 Å². The van der Waals surface area contributed by atoms with Crippen LogP contribution in [0.15, 0.2) is 0 Å². The quantitative estimate of drug-likeness (QED) is 0.785. The summed E-state index contributed by atoms with van der Waals surface area (Å²) in [5.74, 6) is 0. The van der Waals surface area contributed by atoms with Crippen LogP contribution < -0.4 is 5.73 Å². The first kappa shape index (κ1) is 15.4. The van der Waals surface area contributed by atoms with Gasteiger partial charge in [-0.05, 0) is 39.2 Å². The molecular weight excluding hydrogens is 226 g/mol. The highest BCUT2D eigenvalue weighted by molar-refractivity contribution is 5.03. The number of rotatable bonds is 6. The number of hydrogen-bond donors (Lipinski definition) is 1. The third-order valence-corrected chi connectivity index (χ3v) is 3.97. The molecule has 0 aromatic carbocycles. The van der Waals surface area contributed by atoms with Crippen molar-refractivity contribution in [1.29, 1.82) is 5.26 Å². The zero-order chi connectivity index (χ0) is 13.6. The van der Waals surface area contributed by atoms with Crippen LogP contribution in [0.1, 0.15) is 46.5 Å². The molecule has 1 aliphatic rings. The molecule has 3 unspecified atom stereocenters. The van der Waals surface area contributed by atoms with Crippen molar-refractivity contribution in [2.75, 3.05) is 19.7 Å². The number of nitrogens with zero attached hydrogens (tertiary/aromatic N) is 2. The van der Waals surface area contributed by atoms with Crippen molar-refractivity contribution in [3.8, 4) is 6.07 Å². The maximum Gasteiger partial charge on any atom is 0.104 e. The number of hydrogen-bond acceptors (Lipinski definition) is 4. The largest absolute Gasteiger partial charge is 0.376 e. The fourth-order valence-corrected chi connectivity index (χ4v) is 2.47. The number of nitrogens with two attached hydrogens (primary N) is 1. The van der Waals surface area contributed by atoms with E-state index < -0.39 is 5.54 Å². The van der Waals surface area contributed by atoms with Gasteiger partial charge in [0.2, 0.25) is 0 Å². The summed E-state index contributed by atoms with van der Waals surface area (Å²) in [6, 6.07) is 2.76. The van der Waals surface area contributed by atoms with Gasteiger partial charge in [0.25, 0.3) is 0 Å². The third-order valence-electron chi connectivity index (χ3n) is 3.97. The smallest absolute Gasteiger partial charge is 0.104 e. The van der Waals surface area contributed by atoms with E-state index in [2.05, 4.69) is 24.8 Å². The molecule has 3 atom stereocenters. The van der Waals surface area contributed by atoms with Crippen LogP contribution in [0, 0.1) is 11.3 Å². The molecule has 0 bridgehead atoms. The van der Waals surface area contributed by atoms with Crippen molar-refractivity contribution in [2.45, 2.75) is 64.1 Å².